The first kappa shape index (κ1) is 15.9. The van der Waals surface area contributed by atoms with E-state index in [2.05, 4.69) is 16.0 Å². The van der Waals surface area contributed by atoms with Crippen LogP contribution in [-0.4, -0.2) is 41.5 Å². The van der Waals surface area contributed by atoms with Gasteiger partial charge in [-0.05, 0) is 12.3 Å². The Hall–Kier alpha value is -2.12. The van der Waals surface area contributed by atoms with E-state index in [-0.39, 0.29) is 31.2 Å². The van der Waals surface area contributed by atoms with Crippen molar-refractivity contribution in [3.63, 3.8) is 0 Å². The molecular formula is C12H19N3O5. The summed E-state index contributed by atoms with van der Waals surface area (Å²) >= 11 is 0. The van der Waals surface area contributed by atoms with Crippen molar-refractivity contribution < 1.29 is 24.3 Å². The fourth-order valence-electron chi connectivity index (χ4n) is 1.85. The molecule has 0 saturated carbocycles. The van der Waals surface area contributed by atoms with Crippen LogP contribution in [0, 0.1) is 11.8 Å². The van der Waals surface area contributed by atoms with E-state index >= 15 is 0 Å². The number of aliphatic carboxylic acids is 1. The second kappa shape index (κ2) is 6.88. The first-order valence-corrected chi connectivity index (χ1v) is 6.42. The maximum absolute atomic E-state index is 11.6. The first-order chi connectivity index (χ1) is 9.31. The summed E-state index contributed by atoms with van der Waals surface area (Å²) in [6.45, 7) is 3.48. The minimum Gasteiger partial charge on any atom is -0.481 e. The van der Waals surface area contributed by atoms with Gasteiger partial charge < -0.3 is 15.7 Å². The zero-order chi connectivity index (χ0) is 15.3. The van der Waals surface area contributed by atoms with Gasteiger partial charge in [-0.1, -0.05) is 13.8 Å². The second-order valence-corrected chi connectivity index (χ2v) is 5.05. The van der Waals surface area contributed by atoms with Crippen molar-refractivity contribution in [2.24, 2.45) is 11.8 Å². The van der Waals surface area contributed by atoms with Gasteiger partial charge in [0.2, 0.25) is 11.8 Å². The summed E-state index contributed by atoms with van der Waals surface area (Å²) in [6.07, 6.45) is 0.408. The van der Waals surface area contributed by atoms with E-state index in [1.165, 1.54) is 0 Å². The Morgan fingerprint density at radius 1 is 1.40 bits per heavy atom. The molecule has 8 heteroatoms. The van der Waals surface area contributed by atoms with Crippen molar-refractivity contribution in [2.75, 3.05) is 6.54 Å². The third-order valence-corrected chi connectivity index (χ3v) is 3.15. The molecule has 112 valence electrons. The van der Waals surface area contributed by atoms with Crippen LogP contribution in [0.1, 0.15) is 26.7 Å². The number of carboxylic acids is 1. The Morgan fingerprint density at radius 3 is 2.55 bits per heavy atom. The van der Waals surface area contributed by atoms with Crippen LogP contribution in [0.3, 0.4) is 0 Å². The number of hydrogen-bond acceptors (Lipinski definition) is 4. The summed E-state index contributed by atoms with van der Waals surface area (Å²) in [5.41, 5.74) is 0. The molecule has 1 heterocycles. The monoisotopic (exact) mass is 285 g/mol. The number of urea groups is 1. The van der Waals surface area contributed by atoms with Gasteiger partial charge in [-0.15, -0.1) is 0 Å². The van der Waals surface area contributed by atoms with Crippen LogP contribution in [0.15, 0.2) is 0 Å². The number of rotatable bonds is 5. The molecule has 0 aliphatic carbocycles. The summed E-state index contributed by atoms with van der Waals surface area (Å²) in [4.78, 5) is 44.9. The summed E-state index contributed by atoms with van der Waals surface area (Å²) in [6, 6.07) is -1.39. The van der Waals surface area contributed by atoms with Gasteiger partial charge in [0, 0.05) is 13.0 Å². The van der Waals surface area contributed by atoms with E-state index in [4.69, 9.17) is 5.11 Å². The van der Waals surface area contributed by atoms with Crippen LogP contribution in [0.4, 0.5) is 4.79 Å². The standard InChI is InChI=1S/C12H19N3O5/c1-6(2)7(11(18)19)5-13-12(20)14-8-3-4-9(16)15-10(8)17/h6-8H,3-5H2,1-2H3,(H,18,19)(H2,13,14,20)(H,15,16,17). The van der Waals surface area contributed by atoms with Gasteiger partial charge in [-0.25, -0.2) is 4.79 Å². The highest BCUT2D eigenvalue weighted by Gasteiger charge is 2.28. The second-order valence-electron chi connectivity index (χ2n) is 5.05. The highest BCUT2D eigenvalue weighted by Crippen LogP contribution is 2.09. The number of carbonyl (C=O) groups is 4. The SMILES string of the molecule is CC(C)C(CNC(=O)NC1CCC(=O)NC1=O)C(=O)O. The number of hydrogen-bond donors (Lipinski definition) is 4. The van der Waals surface area contributed by atoms with Crippen LogP contribution >= 0.6 is 0 Å². The van der Waals surface area contributed by atoms with E-state index in [1.807, 2.05) is 0 Å². The smallest absolute Gasteiger partial charge is 0.315 e. The predicted octanol–water partition coefficient (Wildman–Crippen LogP) is -0.552. The fourth-order valence-corrected chi connectivity index (χ4v) is 1.85. The number of nitrogens with one attached hydrogen (secondary N) is 3. The highest BCUT2D eigenvalue weighted by atomic mass is 16.4. The minimum absolute atomic E-state index is 0.0217. The Labute approximate surface area is 116 Å². The molecule has 0 aromatic rings. The van der Waals surface area contributed by atoms with Gasteiger partial charge in [0.1, 0.15) is 6.04 Å². The Balaban J connectivity index is 2.42. The van der Waals surface area contributed by atoms with Crippen LogP contribution in [-0.2, 0) is 14.4 Å². The van der Waals surface area contributed by atoms with Crippen LogP contribution in [0.2, 0.25) is 0 Å². The average Bonchev–Trinajstić information content (AvgIpc) is 2.32. The first-order valence-electron chi connectivity index (χ1n) is 6.42. The number of amides is 4. The topological polar surface area (TPSA) is 125 Å². The van der Waals surface area contributed by atoms with E-state index in [0.717, 1.165) is 0 Å². The summed E-state index contributed by atoms with van der Waals surface area (Å²) in [5, 5.41) is 15.9. The molecule has 0 bridgehead atoms. The van der Waals surface area contributed by atoms with Gasteiger partial charge in [0.15, 0.2) is 0 Å². The summed E-state index contributed by atoms with van der Waals surface area (Å²) in [5.74, 6) is -2.71. The largest absolute Gasteiger partial charge is 0.481 e. The van der Waals surface area contributed by atoms with Crippen molar-refractivity contribution >= 4 is 23.8 Å². The lowest BCUT2D eigenvalue weighted by Crippen LogP contribution is -2.55. The van der Waals surface area contributed by atoms with Gasteiger partial charge in [-0.2, -0.15) is 0 Å². The number of carbonyl (C=O) groups excluding carboxylic acids is 3. The molecule has 20 heavy (non-hydrogen) atoms. The third kappa shape index (κ3) is 4.52. The lowest BCUT2D eigenvalue weighted by Gasteiger charge is -2.23. The predicted molar refractivity (Wildman–Crippen MR) is 68.7 cm³/mol. The zero-order valence-electron chi connectivity index (χ0n) is 11.4. The zero-order valence-corrected chi connectivity index (χ0v) is 11.4. The molecule has 1 aliphatic heterocycles. The summed E-state index contributed by atoms with van der Waals surface area (Å²) in [7, 11) is 0. The number of imide groups is 1. The third-order valence-electron chi connectivity index (χ3n) is 3.15. The van der Waals surface area contributed by atoms with Crippen molar-refractivity contribution in [1.29, 1.82) is 0 Å². The number of piperidine rings is 1. The molecule has 0 aromatic heterocycles. The minimum atomic E-state index is -0.985. The fraction of sp³-hybridized carbons (Fsp3) is 0.667. The molecule has 1 fully saturated rings. The van der Waals surface area contributed by atoms with Crippen molar-refractivity contribution in [3.05, 3.63) is 0 Å². The lowest BCUT2D eigenvalue weighted by molar-refractivity contribution is -0.143. The average molecular weight is 285 g/mol. The van der Waals surface area contributed by atoms with Crippen LogP contribution in [0.25, 0.3) is 0 Å². The van der Waals surface area contributed by atoms with Crippen LogP contribution < -0.4 is 16.0 Å². The van der Waals surface area contributed by atoms with Gasteiger partial charge in [0.25, 0.3) is 0 Å². The maximum atomic E-state index is 11.6. The van der Waals surface area contributed by atoms with E-state index in [9.17, 15) is 19.2 Å². The molecule has 4 N–H and O–H groups in total. The summed E-state index contributed by atoms with van der Waals surface area (Å²) < 4.78 is 0. The van der Waals surface area contributed by atoms with Gasteiger partial charge >= 0.3 is 12.0 Å². The Kier molecular flexibility index (Phi) is 5.48. The molecule has 1 saturated heterocycles. The number of carboxylic acid groups (broad SMARTS) is 1. The van der Waals surface area contributed by atoms with Gasteiger partial charge in [0.05, 0.1) is 5.92 Å². The lowest BCUT2D eigenvalue weighted by atomic mass is 9.96. The molecular weight excluding hydrogens is 266 g/mol. The normalized spacial score (nSPS) is 20.2. The molecule has 4 amide bonds. The van der Waals surface area contributed by atoms with Crippen molar-refractivity contribution in [2.45, 2.75) is 32.7 Å². The van der Waals surface area contributed by atoms with Gasteiger partial charge in [-0.3, -0.25) is 19.7 Å². The Morgan fingerprint density at radius 2 is 2.05 bits per heavy atom. The molecule has 1 rings (SSSR count). The molecule has 0 radical (unpaired) electrons. The molecule has 0 spiro atoms. The van der Waals surface area contributed by atoms with Crippen LogP contribution in [0.5, 0.6) is 0 Å². The maximum Gasteiger partial charge on any atom is 0.315 e. The molecule has 2 unspecified atom stereocenters. The van der Waals surface area contributed by atoms with E-state index in [0.29, 0.717) is 0 Å². The Bertz CT molecular complexity index is 421. The van der Waals surface area contributed by atoms with E-state index in [1.54, 1.807) is 13.8 Å². The highest BCUT2D eigenvalue weighted by molar-refractivity contribution is 6.01. The quantitative estimate of drug-likeness (QED) is 0.504. The molecule has 1 aliphatic rings. The molecule has 0 aromatic carbocycles. The van der Waals surface area contributed by atoms with Crippen molar-refractivity contribution in [1.82, 2.24) is 16.0 Å². The van der Waals surface area contributed by atoms with E-state index < -0.39 is 29.9 Å². The molecule has 8 nitrogen and oxygen atoms in total. The molecule has 2 atom stereocenters. The van der Waals surface area contributed by atoms with Crippen molar-refractivity contribution in [3.8, 4) is 0 Å².